The molecule has 0 aromatic heterocycles. The SMILES string of the molecule is CC(CNCc1cc(Br)cc([N+](=O)[O-])c1)N(C)C. The van der Waals surface area contributed by atoms with Gasteiger partial charge in [-0.05, 0) is 32.6 Å². The molecule has 5 nitrogen and oxygen atoms in total. The Hall–Kier alpha value is -0.980. The Balaban J connectivity index is 2.60. The second kappa shape index (κ2) is 6.82. The minimum atomic E-state index is -0.378. The van der Waals surface area contributed by atoms with E-state index >= 15 is 0 Å². The topological polar surface area (TPSA) is 58.4 Å². The summed E-state index contributed by atoms with van der Waals surface area (Å²) >= 11 is 3.28. The molecule has 0 saturated heterocycles. The largest absolute Gasteiger partial charge is 0.311 e. The fourth-order valence-corrected chi connectivity index (χ4v) is 1.98. The highest BCUT2D eigenvalue weighted by Crippen LogP contribution is 2.21. The Bertz CT molecular complexity index is 424. The predicted octanol–water partition coefficient (Wildman–Crippen LogP) is 2.40. The zero-order valence-electron chi connectivity index (χ0n) is 10.8. The quantitative estimate of drug-likeness (QED) is 0.647. The van der Waals surface area contributed by atoms with Crippen LogP contribution < -0.4 is 5.32 Å². The molecule has 1 aromatic rings. The molecule has 0 aliphatic heterocycles. The Morgan fingerprint density at radius 2 is 2.11 bits per heavy atom. The van der Waals surface area contributed by atoms with Crippen LogP contribution in [0.1, 0.15) is 12.5 Å². The van der Waals surface area contributed by atoms with Crippen LogP contribution in [-0.2, 0) is 6.54 Å². The van der Waals surface area contributed by atoms with Crippen LogP contribution in [0, 0.1) is 10.1 Å². The normalized spacial score (nSPS) is 12.7. The number of nitro benzene ring substituents is 1. The molecule has 100 valence electrons. The van der Waals surface area contributed by atoms with Crippen molar-refractivity contribution in [1.29, 1.82) is 0 Å². The number of halogens is 1. The molecular formula is C12H18BrN3O2. The van der Waals surface area contributed by atoms with Gasteiger partial charge in [-0.2, -0.15) is 0 Å². The van der Waals surface area contributed by atoms with Gasteiger partial charge in [-0.3, -0.25) is 10.1 Å². The third-order valence-electron chi connectivity index (χ3n) is 2.80. The standard InChI is InChI=1S/C12H18BrN3O2/c1-9(15(2)3)7-14-8-10-4-11(13)6-12(5-10)16(17)18/h4-6,9,14H,7-8H2,1-3H3. The number of non-ortho nitro benzene ring substituents is 1. The van der Waals surface area contributed by atoms with E-state index in [0.29, 0.717) is 12.6 Å². The Morgan fingerprint density at radius 3 is 2.67 bits per heavy atom. The fourth-order valence-electron chi connectivity index (χ4n) is 1.45. The van der Waals surface area contributed by atoms with Gasteiger partial charge < -0.3 is 10.2 Å². The number of nitro groups is 1. The van der Waals surface area contributed by atoms with E-state index in [1.165, 1.54) is 6.07 Å². The Morgan fingerprint density at radius 1 is 1.44 bits per heavy atom. The molecule has 0 aliphatic carbocycles. The lowest BCUT2D eigenvalue weighted by molar-refractivity contribution is -0.385. The van der Waals surface area contributed by atoms with Gasteiger partial charge in [-0.25, -0.2) is 0 Å². The molecule has 0 heterocycles. The monoisotopic (exact) mass is 315 g/mol. The van der Waals surface area contributed by atoms with Crippen LogP contribution in [0.2, 0.25) is 0 Å². The van der Waals surface area contributed by atoms with E-state index in [-0.39, 0.29) is 10.6 Å². The lowest BCUT2D eigenvalue weighted by atomic mass is 10.2. The molecule has 18 heavy (non-hydrogen) atoms. The van der Waals surface area contributed by atoms with Gasteiger partial charge in [0.05, 0.1) is 4.92 Å². The van der Waals surface area contributed by atoms with Crippen LogP contribution in [0.25, 0.3) is 0 Å². The first-order chi connectivity index (χ1) is 8.40. The zero-order valence-corrected chi connectivity index (χ0v) is 12.4. The predicted molar refractivity (Wildman–Crippen MR) is 75.7 cm³/mol. The smallest absolute Gasteiger partial charge is 0.270 e. The Kier molecular flexibility index (Phi) is 5.71. The number of nitrogens with one attached hydrogen (secondary N) is 1. The van der Waals surface area contributed by atoms with E-state index in [1.54, 1.807) is 6.07 Å². The lowest BCUT2D eigenvalue weighted by Crippen LogP contribution is -2.35. The van der Waals surface area contributed by atoms with Crippen LogP contribution >= 0.6 is 15.9 Å². The maximum atomic E-state index is 10.7. The first-order valence-corrected chi connectivity index (χ1v) is 6.50. The summed E-state index contributed by atoms with van der Waals surface area (Å²) in [5.41, 5.74) is 1.02. The third kappa shape index (κ3) is 4.72. The van der Waals surface area contributed by atoms with Gasteiger partial charge in [0.1, 0.15) is 0 Å². The van der Waals surface area contributed by atoms with Crippen molar-refractivity contribution in [2.45, 2.75) is 19.5 Å². The van der Waals surface area contributed by atoms with Crippen molar-refractivity contribution in [3.8, 4) is 0 Å². The molecule has 1 atom stereocenters. The molecular weight excluding hydrogens is 298 g/mol. The van der Waals surface area contributed by atoms with Gasteiger partial charge in [0.15, 0.2) is 0 Å². The zero-order chi connectivity index (χ0) is 13.7. The number of nitrogens with zero attached hydrogens (tertiary/aromatic N) is 2. The molecule has 0 fully saturated rings. The number of likely N-dealkylation sites (N-methyl/N-ethyl adjacent to an activating group) is 1. The summed E-state index contributed by atoms with van der Waals surface area (Å²) in [6.07, 6.45) is 0. The van der Waals surface area contributed by atoms with E-state index in [2.05, 4.69) is 33.1 Å². The molecule has 1 rings (SSSR count). The lowest BCUT2D eigenvalue weighted by Gasteiger charge is -2.20. The van der Waals surface area contributed by atoms with Crippen molar-refractivity contribution in [2.24, 2.45) is 0 Å². The summed E-state index contributed by atoms with van der Waals surface area (Å²) in [5, 5.41) is 14.0. The van der Waals surface area contributed by atoms with Crippen molar-refractivity contribution in [3.63, 3.8) is 0 Å². The fraction of sp³-hybridized carbons (Fsp3) is 0.500. The molecule has 1 unspecified atom stereocenters. The van der Waals surface area contributed by atoms with Gasteiger partial charge >= 0.3 is 0 Å². The summed E-state index contributed by atoms with van der Waals surface area (Å²) in [4.78, 5) is 12.5. The van der Waals surface area contributed by atoms with Gasteiger partial charge in [-0.15, -0.1) is 0 Å². The van der Waals surface area contributed by atoms with Crippen molar-refractivity contribution in [2.75, 3.05) is 20.6 Å². The Labute approximate surface area is 115 Å². The van der Waals surface area contributed by atoms with Gasteiger partial charge in [-0.1, -0.05) is 15.9 Å². The second-order valence-corrected chi connectivity index (χ2v) is 5.43. The van der Waals surface area contributed by atoms with Crippen molar-refractivity contribution < 1.29 is 4.92 Å². The van der Waals surface area contributed by atoms with E-state index in [4.69, 9.17) is 0 Å². The number of rotatable bonds is 6. The minimum Gasteiger partial charge on any atom is -0.311 e. The molecule has 1 aromatic carbocycles. The highest BCUT2D eigenvalue weighted by atomic mass is 79.9. The van der Waals surface area contributed by atoms with Crippen molar-refractivity contribution in [1.82, 2.24) is 10.2 Å². The summed E-state index contributed by atoms with van der Waals surface area (Å²) in [6, 6.07) is 5.41. The first-order valence-electron chi connectivity index (χ1n) is 5.71. The van der Waals surface area contributed by atoms with Crippen molar-refractivity contribution in [3.05, 3.63) is 38.3 Å². The van der Waals surface area contributed by atoms with Gasteiger partial charge in [0.25, 0.3) is 5.69 Å². The summed E-state index contributed by atoms with van der Waals surface area (Å²) in [7, 11) is 4.05. The van der Waals surface area contributed by atoms with Crippen LogP contribution in [0.5, 0.6) is 0 Å². The molecule has 0 aliphatic rings. The van der Waals surface area contributed by atoms with E-state index in [9.17, 15) is 10.1 Å². The van der Waals surface area contributed by atoms with Gasteiger partial charge in [0, 0.05) is 35.7 Å². The minimum absolute atomic E-state index is 0.113. The number of hydrogen-bond acceptors (Lipinski definition) is 4. The maximum absolute atomic E-state index is 10.7. The average molecular weight is 316 g/mol. The molecule has 0 amide bonds. The maximum Gasteiger partial charge on any atom is 0.270 e. The summed E-state index contributed by atoms with van der Waals surface area (Å²) < 4.78 is 0.731. The summed E-state index contributed by atoms with van der Waals surface area (Å²) in [6.45, 7) is 3.59. The highest BCUT2D eigenvalue weighted by Gasteiger charge is 2.09. The van der Waals surface area contributed by atoms with Crippen LogP contribution in [-0.4, -0.2) is 36.5 Å². The average Bonchev–Trinajstić information content (AvgIpc) is 2.27. The molecule has 0 saturated carbocycles. The molecule has 0 radical (unpaired) electrons. The number of benzene rings is 1. The molecule has 0 bridgehead atoms. The van der Waals surface area contributed by atoms with Crippen molar-refractivity contribution >= 4 is 21.6 Å². The van der Waals surface area contributed by atoms with Gasteiger partial charge in [0.2, 0.25) is 0 Å². The molecule has 6 heteroatoms. The van der Waals surface area contributed by atoms with E-state index in [0.717, 1.165) is 16.6 Å². The van der Waals surface area contributed by atoms with Crippen LogP contribution in [0.15, 0.2) is 22.7 Å². The highest BCUT2D eigenvalue weighted by molar-refractivity contribution is 9.10. The first kappa shape index (κ1) is 15.1. The molecule has 1 N–H and O–H groups in total. The third-order valence-corrected chi connectivity index (χ3v) is 3.26. The second-order valence-electron chi connectivity index (χ2n) is 4.52. The number of hydrogen-bond donors (Lipinski definition) is 1. The van der Waals surface area contributed by atoms with E-state index in [1.807, 2.05) is 20.2 Å². The van der Waals surface area contributed by atoms with Crippen LogP contribution in [0.3, 0.4) is 0 Å². The summed E-state index contributed by atoms with van der Waals surface area (Å²) in [5.74, 6) is 0. The van der Waals surface area contributed by atoms with Crippen LogP contribution in [0.4, 0.5) is 5.69 Å². The molecule has 0 spiro atoms. The van der Waals surface area contributed by atoms with E-state index < -0.39 is 0 Å².